The Bertz CT molecular complexity index is 221. The number of nitrogens with two attached hydrogens (primary N) is 2. The minimum Gasteiger partial charge on any atom is -0.356 e. The van der Waals surface area contributed by atoms with Crippen molar-refractivity contribution in [2.75, 3.05) is 0 Å². The van der Waals surface area contributed by atoms with E-state index < -0.39 is 16.8 Å². The fourth-order valence-corrected chi connectivity index (χ4v) is 0.190. The number of carbonyl (C=O) groups excluding carboxylic acids is 4. The minimum absolute atomic E-state index is 0.750. The molecule has 0 aromatic rings. The predicted molar refractivity (Wildman–Crippen MR) is 47.8 cm³/mol. The molecule has 0 rings (SSSR count). The number of hydrogen-bond acceptors (Lipinski definition) is 5. The van der Waals surface area contributed by atoms with Gasteiger partial charge in [-0.1, -0.05) is 0 Å². The van der Waals surface area contributed by atoms with Crippen molar-refractivity contribution in [3.63, 3.8) is 0 Å². The molecule has 0 saturated heterocycles. The molecule has 0 heterocycles. The number of isocyanates is 1. The maximum Gasteiger partial charge on any atom is 0.321 e. The first-order chi connectivity index (χ1) is 6.27. The fraction of sp³-hybridized carbons (Fsp3) is 0. The van der Waals surface area contributed by atoms with Crippen molar-refractivity contribution in [3.05, 3.63) is 0 Å². The molecule has 0 spiro atoms. The Balaban J connectivity index is -0.000000147. The van der Waals surface area contributed by atoms with Crippen LogP contribution < -0.4 is 16.8 Å². The molecule has 0 aliphatic carbocycles. The molecule has 0 bridgehead atoms. The zero-order valence-electron chi connectivity index (χ0n) is 6.54. The minimum atomic E-state index is -0.965. The summed E-state index contributed by atoms with van der Waals surface area (Å²) in [5.41, 5.74) is 8.68. The first-order valence-corrected chi connectivity index (χ1v) is 3.28. The molecule has 0 saturated carbocycles. The van der Waals surface area contributed by atoms with Crippen LogP contribution in [-0.2, 0) is 4.79 Å². The van der Waals surface area contributed by atoms with Crippen LogP contribution in [0.3, 0.4) is 0 Å². The summed E-state index contributed by atoms with van der Waals surface area (Å²) >= 11 is 9.04. The maximum absolute atomic E-state index is 9.62. The molecular formula is C4H6Cl2N4O4. The van der Waals surface area contributed by atoms with Crippen molar-refractivity contribution in [3.8, 4) is 0 Å². The molecule has 14 heavy (non-hydrogen) atoms. The lowest BCUT2D eigenvalue weighted by Gasteiger charge is -1.85. The monoisotopic (exact) mass is 244 g/mol. The number of nitrogens with one attached hydrogen (secondary N) is 2. The molecule has 0 aromatic heterocycles. The number of imide groups is 1. The maximum atomic E-state index is 9.62. The molecule has 0 atom stereocenters. The second-order valence-corrected chi connectivity index (χ2v) is 1.88. The smallest absolute Gasteiger partial charge is 0.321 e. The van der Waals surface area contributed by atoms with Gasteiger partial charge in [0.05, 0.1) is 0 Å². The van der Waals surface area contributed by atoms with Crippen LogP contribution in [0.2, 0.25) is 0 Å². The van der Waals surface area contributed by atoms with Crippen LogP contribution in [0.25, 0.3) is 0 Å². The van der Waals surface area contributed by atoms with Crippen LogP contribution in [0.15, 0.2) is 0 Å². The van der Waals surface area contributed by atoms with Gasteiger partial charge in [0, 0.05) is 0 Å². The third-order valence-corrected chi connectivity index (χ3v) is 0.316. The fourth-order valence-electron chi connectivity index (χ4n) is 0.0969. The third kappa shape index (κ3) is 162. The Morgan fingerprint density at radius 1 is 1.21 bits per heavy atom. The van der Waals surface area contributed by atoms with E-state index in [1.807, 2.05) is 0 Å². The first kappa shape index (κ1) is 18.2. The molecule has 0 radical (unpaired) electrons. The van der Waals surface area contributed by atoms with Gasteiger partial charge >= 0.3 is 16.8 Å². The van der Waals surface area contributed by atoms with Gasteiger partial charge in [-0.05, 0) is 23.2 Å². The van der Waals surface area contributed by atoms with E-state index in [0.717, 1.165) is 6.08 Å². The molecule has 4 amide bonds. The predicted octanol–water partition coefficient (Wildman–Crippen LogP) is 0.218. The van der Waals surface area contributed by atoms with Gasteiger partial charge in [0.2, 0.25) is 6.08 Å². The van der Waals surface area contributed by atoms with E-state index in [9.17, 15) is 9.59 Å². The Morgan fingerprint density at radius 3 is 1.43 bits per heavy atom. The van der Waals surface area contributed by atoms with Crippen molar-refractivity contribution in [1.82, 2.24) is 5.32 Å². The Kier molecular flexibility index (Phi) is 18.1. The summed E-state index contributed by atoms with van der Waals surface area (Å²) in [6.45, 7) is 0. The molecule has 8 nitrogen and oxygen atoms in total. The summed E-state index contributed by atoms with van der Waals surface area (Å²) in [5.74, 6) is 0. The number of rotatable bonds is 0. The normalized spacial score (nSPS) is 6.14. The van der Waals surface area contributed by atoms with E-state index in [1.165, 1.54) is 0 Å². The van der Waals surface area contributed by atoms with Gasteiger partial charge in [0.1, 0.15) is 0 Å². The van der Waals surface area contributed by atoms with Gasteiger partial charge in [-0.2, -0.15) is 0 Å². The van der Waals surface area contributed by atoms with Gasteiger partial charge in [0.25, 0.3) is 0 Å². The molecule has 0 fully saturated rings. The molecule has 0 aliphatic heterocycles. The highest BCUT2D eigenvalue weighted by molar-refractivity contribution is 6.64. The van der Waals surface area contributed by atoms with E-state index in [0.29, 0.717) is 0 Å². The Hall–Kier alpha value is -1.63. The number of halogens is 2. The first-order valence-electron chi connectivity index (χ1n) is 2.52. The van der Waals surface area contributed by atoms with Crippen LogP contribution in [0.5, 0.6) is 0 Å². The van der Waals surface area contributed by atoms with Gasteiger partial charge in [-0.25, -0.2) is 15.0 Å². The molecule has 0 aliphatic rings. The lowest BCUT2D eigenvalue weighted by atomic mass is 11.0. The van der Waals surface area contributed by atoms with Crippen LogP contribution in [0.4, 0.5) is 14.4 Å². The zero-order valence-corrected chi connectivity index (χ0v) is 8.06. The lowest BCUT2D eigenvalue weighted by Crippen LogP contribution is -2.30. The van der Waals surface area contributed by atoms with E-state index in [1.54, 1.807) is 5.32 Å². The van der Waals surface area contributed by atoms with Crippen LogP contribution in [-0.4, -0.2) is 22.8 Å². The topological polar surface area (TPSA) is 156 Å². The molecule has 80 valence electrons. The highest BCUT2D eigenvalue weighted by Crippen LogP contribution is 1.72. The number of amides is 4. The number of carbonyl (C=O) groups is 3. The summed E-state index contributed by atoms with van der Waals surface area (Å²) in [6, 6.07) is -0.944. The molecule has 0 aromatic carbocycles. The van der Waals surface area contributed by atoms with Crippen LogP contribution >= 0.6 is 23.2 Å². The van der Waals surface area contributed by atoms with Gasteiger partial charge < -0.3 is 11.5 Å². The number of urea groups is 1. The molecule has 0 unspecified atom stereocenters. The number of primary amides is 2. The summed E-state index contributed by atoms with van der Waals surface area (Å²) in [4.78, 5) is 36.6. The summed E-state index contributed by atoms with van der Waals surface area (Å²) < 4.78 is 0. The number of hydrogen-bond donors (Lipinski definition) is 4. The average molecular weight is 245 g/mol. The Labute approximate surface area is 88.0 Å². The quantitative estimate of drug-likeness (QED) is 0.208. The lowest BCUT2D eigenvalue weighted by molar-refractivity contribution is 0.242. The second-order valence-electron chi connectivity index (χ2n) is 1.17. The van der Waals surface area contributed by atoms with Crippen molar-refractivity contribution in [2.24, 2.45) is 11.5 Å². The van der Waals surface area contributed by atoms with E-state index in [-0.39, 0.29) is 0 Å². The molecular weight excluding hydrogens is 239 g/mol. The van der Waals surface area contributed by atoms with Gasteiger partial charge in [0.15, 0.2) is 0 Å². The molecule has 6 N–H and O–H groups in total. The zero-order chi connectivity index (χ0) is 12.1. The van der Waals surface area contributed by atoms with Crippen molar-refractivity contribution >= 4 is 46.0 Å². The summed E-state index contributed by atoms with van der Waals surface area (Å²) in [5, 5.41) is 5.15. The van der Waals surface area contributed by atoms with E-state index in [4.69, 9.17) is 15.0 Å². The average Bonchev–Trinajstić information content (AvgIpc) is 1.82. The largest absolute Gasteiger partial charge is 0.356 e. The Morgan fingerprint density at radius 2 is 1.43 bits per heavy atom. The highest BCUT2D eigenvalue weighted by Gasteiger charge is 1.94. The van der Waals surface area contributed by atoms with E-state index in [2.05, 4.69) is 34.7 Å². The van der Waals surface area contributed by atoms with Crippen LogP contribution in [0.1, 0.15) is 0 Å². The molecule has 10 heteroatoms. The highest BCUT2D eigenvalue weighted by atomic mass is 35.5. The standard InChI is InChI=1S/C2H3ClN2O2.CH2ClNO.CHNO/c3-1(6)5-2(4)7;2-1(3)4;2-1-3/h(H3,4,5,6,7);(H2,3,4);2H. The van der Waals surface area contributed by atoms with Crippen molar-refractivity contribution < 1.29 is 19.2 Å². The third-order valence-electron chi connectivity index (χ3n) is 0.221. The van der Waals surface area contributed by atoms with Gasteiger partial charge in [-0.3, -0.25) is 14.9 Å². The SMILES string of the molecule is N=C=O.NC(=O)Cl.NC(=O)NC(=O)Cl. The summed E-state index contributed by atoms with van der Waals surface area (Å²) in [6.07, 6.45) is 0.750. The van der Waals surface area contributed by atoms with Crippen molar-refractivity contribution in [1.29, 1.82) is 5.41 Å². The van der Waals surface area contributed by atoms with E-state index >= 15 is 0 Å². The summed E-state index contributed by atoms with van der Waals surface area (Å²) in [7, 11) is 0. The van der Waals surface area contributed by atoms with Crippen molar-refractivity contribution in [2.45, 2.75) is 0 Å². The second kappa shape index (κ2) is 13.9. The van der Waals surface area contributed by atoms with Crippen LogP contribution in [0, 0.1) is 5.41 Å². The van der Waals surface area contributed by atoms with Gasteiger partial charge in [-0.15, -0.1) is 0 Å².